The minimum absolute atomic E-state index is 0.0124. The Kier molecular flexibility index (Phi) is 4.37. The Bertz CT molecular complexity index is 636. The van der Waals surface area contributed by atoms with Crippen LogP contribution in [0.25, 0.3) is 11.0 Å². The van der Waals surface area contributed by atoms with E-state index in [1.165, 1.54) is 18.1 Å². The van der Waals surface area contributed by atoms with Crippen molar-refractivity contribution in [2.75, 3.05) is 19.0 Å². The lowest BCUT2D eigenvalue weighted by atomic mass is 10.0. The maximum Gasteiger partial charge on any atom is 0.327 e. The van der Waals surface area contributed by atoms with Gasteiger partial charge in [-0.05, 0) is 13.3 Å². The number of aromatic nitrogens is 4. The predicted molar refractivity (Wildman–Crippen MR) is 76.7 cm³/mol. The summed E-state index contributed by atoms with van der Waals surface area (Å²) in [4.78, 5) is 19.7. The first-order valence-electron chi connectivity index (χ1n) is 6.65. The zero-order chi connectivity index (χ0) is 15.5. The molecule has 0 amide bonds. The van der Waals surface area contributed by atoms with Crippen LogP contribution >= 0.6 is 0 Å². The number of hydrogen-bond donors (Lipinski definition) is 2. The average molecular weight is 293 g/mol. The van der Waals surface area contributed by atoms with Crippen molar-refractivity contribution in [3.05, 3.63) is 12.5 Å². The third-order valence-corrected chi connectivity index (χ3v) is 3.49. The lowest BCUT2D eigenvalue weighted by Gasteiger charge is -2.27. The topological polar surface area (TPSA) is 102 Å². The van der Waals surface area contributed by atoms with Crippen LogP contribution in [-0.4, -0.2) is 50.1 Å². The molecule has 0 aliphatic rings. The van der Waals surface area contributed by atoms with E-state index in [-0.39, 0.29) is 13.2 Å². The van der Waals surface area contributed by atoms with Crippen LogP contribution < -0.4 is 5.32 Å². The molecule has 2 aromatic rings. The summed E-state index contributed by atoms with van der Waals surface area (Å²) in [7, 11) is 1.32. The van der Waals surface area contributed by atoms with E-state index in [2.05, 4.69) is 25.1 Å². The SMILES string of the molecule is CC[C@@](C)(CO)Nc1ncnc2c1cnn2CC(=O)OC. The second-order valence-electron chi connectivity index (χ2n) is 5.04. The molecule has 0 aliphatic carbocycles. The van der Waals surface area contributed by atoms with Gasteiger partial charge >= 0.3 is 5.97 Å². The fourth-order valence-corrected chi connectivity index (χ4v) is 1.82. The van der Waals surface area contributed by atoms with Crippen LogP contribution in [0.2, 0.25) is 0 Å². The molecule has 0 radical (unpaired) electrons. The monoisotopic (exact) mass is 293 g/mol. The van der Waals surface area contributed by atoms with Gasteiger partial charge in [-0.1, -0.05) is 6.92 Å². The molecule has 0 saturated carbocycles. The Morgan fingerprint density at radius 2 is 2.29 bits per heavy atom. The zero-order valence-electron chi connectivity index (χ0n) is 12.3. The van der Waals surface area contributed by atoms with E-state index in [0.29, 0.717) is 16.9 Å². The summed E-state index contributed by atoms with van der Waals surface area (Å²) in [6.07, 6.45) is 3.72. The second kappa shape index (κ2) is 6.04. The molecule has 2 heterocycles. The lowest BCUT2D eigenvalue weighted by Crippen LogP contribution is -2.38. The first-order valence-corrected chi connectivity index (χ1v) is 6.65. The maximum absolute atomic E-state index is 11.4. The molecule has 0 aromatic carbocycles. The van der Waals surface area contributed by atoms with Crippen LogP contribution in [0.4, 0.5) is 5.82 Å². The number of carbonyl (C=O) groups is 1. The number of nitrogens with one attached hydrogen (secondary N) is 1. The number of rotatable bonds is 6. The van der Waals surface area contributed by atoms with Gasteiger partial charge in [0.15, 0.2) is 5.65 Å². The quantitative estimate of drug-likeness (QED) is 0.751. The van der Waals surface area contributed by atoms with Crippen LogP contribution in [0.15, 0.2) is 12.5 Å². The Morgan fingerprint density at radius 3 is 2.90 bits per heavy atom. The molecular weight excluding hydrogens is 274 g/mol. The normalized spacial score (nSPS) is 13.9. The lowest BCUT2D eigenvalue weighted by molar-refractivity contribution is -0.141. The molecule has 21 heavy (non-hydrogen) atoms. The molecule has 0 fully saturated rings. The van der Waals surface area contributed by atoms with Crippen LogP contribution in [0.1, 0.15) is 20.3 Å². The van der Waals surface area contributed by atoms with E-state index in [1.54, 1.807) is 6.20 Å². The third kappa shape index (κ3) is 3.10. The summed E-state index contributed by atoms with van der Waals surface area (Å²) in [5, 5.41) is 17.5. The Morgan fingerprint density at radius 1 is 1.52 bits per heavy atom. The van der Waals surface area contributed by atoms with Crippen molar-refractivity contribution in [3.8, 4) is 0 Å². The van der Waals surface area contributed by atoms with Crippen molar-refractivity contribution in [1.82, 2.24) is 19.7 Å². The Balaban J connectivity index is 2.37. The molecule has 8 heteroatoms. The zero-order valence-corrected chi connectivity index (χ0v) is 12.3. The summed E-state index contributed by atoms with van der Waals surface area (Å²) in [5.74, 6) is 0.177. The second-order valence-corrected chi connectivity index (χ2v) is 5.04. The first kappa shape index (κ1) is 15.2. The Hall–Kier alpha value is -2.22. The molecule has 2 N–H and O–H groups in total. The molecule has 0 aliphatic heterocycles. The molecule has 0 unspecified atom stereocenters. The maximum atomic E-state index is 11.4. The highest BCUT2D eigenvalue weighted by Gasteiger charge is 2.23. The minimum Gasteiger partial charge on any atom is -0.468 e. The fraction of sp³-hybridized carbons (Fsp3) is 0.538. The highest BCUT2D eigenvalue weighted by molar-refractivity contribution is 5.87. The van der Waals surface area contributed by atoms with Crippen molar-refractivity contribution in [3.63, 3.8) is 0 Å². The van der Waals surface area contributed by atoms with Gasteiger partial charge in [0.2, 0.25) is 0 Å². The van der Waals surface area contributed by atoms with E-state index in [9.17, 15) is 9.90 Å². The number of anilines is 1. The van der Waals surface area contributed by atoms with Gasteiger partial charge in [-0.3, -0.25) is 4.79 Å². The fourth-order valence-electron chi connectivity index (χ4n) is 1.82. The van der Waals surface area contributed by atoms with Gasteiger partial charge < -0.3 is 15.2 Å². The van der Waals surface area contributed by atoms with Gasteiger partial charge in [0.25, 0.3) is 0 Å². The molecule has 0 saturated heterocycles. The van der Waals surface area contributed by atoms with E-state index in [0.717, 1.165) is 6.42 Å². The first-order chi connectivity index (χ1) is 10.0. The number of carbonyl (C=O) groups excluding carboxylic acids is 1. The van der Waals surface area contributed by atoms with Crippen molar-refractivity contribution >= 4 is 22.8 Å². The third-order valence-electron chi connectivity index (χ3n) is 3.49. The molecule has 0 spiro atoms. The number of fused-ring (bicyclic) bond motifs is 1. The summed E-state index contributed by atoms with van der Waals surface area (Å²) < 4.78 is 6.08. The van der Waals surface area contributed by atoms with Crippen molar-refractivity contribution in [1.29, 1.82) is 0 Å². The van der Waals surface area contributed by atoms with Gasteiger partial charge in [-0.2, -0.15) is 5.10 Å². The number of methoxy groups -OCH3 is 1. The number of ether oxygens (including phenoxy) is 1. The summed E-state index contributed by atoms with van der Waals surface area (Å²) in [6.45, 7) is 3.84. The van der Waals surface area contributed by atoms with Crippen molar-refractivity contribution < 1.29 is 14.6 Å². The predicted octanol–water partition coefficient (Wildman–Crippen LogP) is 0.572. The summed E-state index contributed by atoms with van der Waals surface area (Å²) in [6, 6.07) is 0. The molecule has 8 nitrogen and oxygen atoms in total. The smallest absolute Gasteiger partial charge is 0.327 e. The number of esters is 1. The van der Waals surface area contributed by atoms with Crippen LogP contribution in [-0.2, 0) is 16.1 Å². The number of nitrogens with zero attached hydrogens (tertiary/aromatic N) is 4. The van der Waals surface area contributed by atoms with Crippen molar-refractivity contribution in [2.45, 2.75) is 32.4 Å². The van der Waals surface area contributed by atoms with Crippen molar-refractivity contribution in [2.24, 2.45) is 0 Å². The van der Waals surface area contributed by atoms with E-state index >= 15 is 0 Å². The number of hydrogen-bond acceptors (Lipinski definition) is 7. The summed E-state index contributed by atoms with van der Waals surface area (Å²) >= 11 is 0. The van der Waals surface area contributed by atoms with Crippen LogP contribution in [0, 0.1) is 0 Å². The molecule has 2 aromatic heterocycles. The minimum atomic E-state index is -0.480. The van der Waals surface area contributed by atoms with Crippen LogP contribution in [0.3, 0.4) is 0 Å². The van der Waals surface area contributed by atoms with Gasteiger partial charge in [0, 0.05) is 0 Å². The average Bonchev–Trinajstić information content (AvgIpc) is 2.91. The van der Waals surface area contributed by atoms with Gasteiger partial charge in [-0.25, -0.2) is 14.6 Å². The molecule has 114 valence electrons. The Labute approximate surface area is 122 Å². The largest absolute Gasteiger partial charge is 0.468 e. The highest BCUT2D eigenvalue weighted by Crippen LogP contribution is 2.23. The van der Waals surface area contributed by atoms with Gasteiger partial charge in [0.05, 0.1) is 30.8 Å². The molecule has 1 atom stereocenters. The number of aliphatic hydroxyl groups is 1. The standard InChI is InChI=1S/C13H19N5O3/c1-4-13(2,7-19)17-11-9-5-16-18(6-10(20)21-3)12(9)15-8-14-11/h5,8,19H,4,6-7H2,1-3H3,(H,14,15,17)/t13-/m0/s1. The van der Waals surface area contributed by atoms with E-state index < -0.39 is 11.5 Å². The molecule has 2 rings (SSSR count). The van der Waals surface area contributed by atoms with E-state index in [4.69, 9.17) is 0 Å². The number of aliphatic hydroxyl groups excluding tert-OH is 1. The van der Waals surface area contributed by atoms with Gasteiger partial charge in [0.1, 0.15) is 18.7 Å². The molecular formula is C13H19N5O3. The van der Waals surface area contributed by atoms with E-state index in [1.807, 2.05) is 13.8 Å². The molecule has 0 bridgehead atoms. The summed E-state index contributed by atoms with van der Waals surface area (Å²) in [5.41, 5.74) is 0.0560. The highest BCUT2D eigenvalue weighted by atomic mass is 16.5. The van der Waals surface area contributed by atoms with Gasteiger partial charge in [-0.15, -0.1) is 0 Å². The van der Waals surface area contributed by atoms with Crippen LogP contribution in [0.5, 0.6) is 0 Å².